The van der Waals surface area contributed by atoms with Gasteiger partial charge in [-0.3, -0.25) is 0 Å². The van der Waals surface area contributed by atoms with Gasteiger partial charge in [0.2, 0.25) is 0 Å². The molecule has 0 amide bonds. The molecule has 0 unspecified atom stereocenters. The number of aromatic nitrogens is 2. The van der Waals surface area contributed by atoms with Crippen LogP contribution in [0.2, 0.25) is 0 Å². The lowest BCUT2D eigenvalue weighted by Crippen LogP contribution is -2.05. The fraction of sp³-hybridized carbons (Fsp3) is 0.409. The maximum absolute atomic E-state index is 5.98. The van der Waals surface area contributed by atoms with Crippen LogP contribution in [0.4, 0.5) is 0 Å². The summed E-state index contributed by atoms with van der Waals surface area (Å²) in [7, 11) is 1.47. The molecule has 0 aliphatic rings. The average Bonchev–Trinajstić information content (AvgIpc) is 2.71. The number of hydrogen-bond donors (Lipinski definition) is 0. The summed E-state index contributed by atoms with van der Waals surface area (Å²) in [5.74, 6) is 2.88. The number of ether oxygens (including phenoxy) is 3. The Morgan fingerprint density at radius 2 is 1.59 bits per heavy atom. The summed E-state index contributed by atoms with van der Waals surface area (Å²) in [6, 6.07) is 4.02. The van der Waals surface area contributed by atoms with Crippen molar-refractivity contribution in [2.75, 3.05) is 26.9 Å². The van der Waals surface area contributed by atoms with E-state index in [2.05, 4.69) is 20.0 Å². The Bertz CT molecular complexity index is 781. The molecule has 0 saturated carbocycles. The number of oxime groups is 1. The molecule has 29 heavy (non-hydrogen) atoms. The van der Waals surface area contributed by atoms with Crippen LogP contribution in [0.15, 0.2) is 41.8 Å². The maximum atomic E-state index is 5.98. The highest BCUT2D eigenvalue weighted by Gasteiger charge is 2.07. The molecule has 0 radical (unpaired) electrons. The molecular formula is C22H29N3O4. The van der Waals surface area contributed by atoms with Crippen LogP contribution in [-0.4, -0.2) is 43.1 Å². The molecule has 0 aliphatic heterocycles. The number of nitrogens with zero attached hydrogens (tertiary/aromatic N) is 3. The first kappa shape index (κ1) is 22.2. The van der Waals surface area contributed by atoms with Crippen molar-refractivity contribution in [1.29, 1.82) is 0 Å². The van der Waals surface area contributed by atoms with E-state index in [0.717, 1.165) is 35.5 Å². The Hall–Kier alpha value is -3.09. The zero-order valence-corrected chi connectivity index (χ0v) is 17.6. The van der Waals surface area contributed by atoms with Gasteiger partial charge in [-0.1, -0.05) is 17.3 Å². The Balaban J connectivity index is 1.70. The second kappa shape index (κ2) is 12.4. The molecule has 7 nitrogen and oxygen atoms in total. The van der Waals surface area contributed by atoms with E-state index in [1.165, 1.54) is 13.3 Å². The molecule has 0 fully saturated rings. The van der Waals surface area contributed by atoms with Gasteiger partial charge >= 0.3 is 0 Å². The van der Waals surface area contributed by atoms with Gasteiger partial charge in [-0.15, -0.1) is 0 Å². The highest BCUT2D eigenvalue weighted by atomic mass is 16.6. The number of rotatable bonds is 12. The summed E-state index contributed by atoms with van der Waals surface area (Å²) in [5, 5.41) is 3.61. The number of benzene rings is 1. The van der Waals surface area contributed by atoms with Gasteiger partial charge in [0.1, 0.15) is 31.4 Å². The predicted molar refractivity (Wildman–Crippen MR) is 113 cm³/mol. The van der Waals surface area contributed by atoms with Crippen molar-refractivity contribution in [1.82, 2.24) is 9.97 Å². The fourth-order valence-electron chi connectivity index (χ4n) is 2.60. The van der Waals surface area contributed by atoms with Crippen molar-refractivity contribution in [3.05, 3.63) is 53.6 Å². The van der Waals surface area contributed by atoms with Gasteiger partial charge in [0.25, 0.3) is 0 Å². The molecule has 0 N–H and O–H groups in total. The molecule has 2 rings (SSSR count). The first-order valence-corrected chi connectivity index (χ1v) is 9.63. The third kappa shape index (κ3) is 7.81. The third-order valence-electron chi connectivity index (χ3n) is 3.99. The summed E-state index contributed by atoms with van der Waals surface area (Å²) >= 11 is 0. The molecule has 1 aromatic carbocycles. The van der Waals surface area contributed by atoms with E-state index in [1.807, 2.05) is 45.1 Å². The summed E-state index contributed by atoms with van der Waals surface area (Å²) in [4.78, 5) is 12.8. The van der Waals surface area contributed by atoms with Crippen LogP contribution in [0.5, 0.6) is 17.2 Å². The van der Waals surface area contributed by atoms with E-state index < -0.39 is 0 Å². The van der Waals surface area contributed by atoms with Crippen LogP contribution in [-0.2, 0) is 4.84 Å². The predicted octanol–water partition coefficient (Wildman–Crippen LogP) is 4.27. The summed E-state index contributed by atoms with van der Waals surface area (Å²) in [6.07, 6.45) is 10.4. The zero-order valence-electron chi connectivity index (χ0n) is 17.6. The molecule has 0 aliphatic carbocycles. The van der Waals surface area contributed by atoms with E-state index in [-0.39, 0.29) is 0 Å². The van der Waals surface area contributed by atoms with Crippen molar-refractivity contribution in [3.63, 3.8) is 0 Å². The highest BCUT2D eigenvalue weighted by molar-refractivity contribution is 5.73. The van der Waals surface area contributed by atoms with Crippen LogP contribution < -0.4 is 14.2 Å². The Morgan fingerprint density at radius 1 is 0.931 bits per heavy atom. The Kier molecular flexibility index (Phi) is 9.48. The Morgan fingerprint density at radius 3 is 2.21 bits per heavy atom. The van der Waals surface area contributed by atoms with Gasteiger partial charge in [0.05, 0.1) is 25.6 Å². The minimum atomic E-state index is 0.469. The second-order valence-corrected chi connectivity index (χ2v) is 6.36. The number of allylic oxidation sites excluding steroid dienone is 1. The first-order valence-electron chi connectivity index (χ1n) is 9.63. The highest BCUT2D eigenvalue weighted by Crippen LogP contribution is 2.28. The van der Waals surface area contributed by atoms with Crippen molar-refractivity contribution >= 4 is 6.21 Å². The molecule has 0 spiro atoms. The maximum Gasteiger partial charge on any atom is 0.174 e. The first-order chi connectivity index (χ1) is 14.1. The van der Waals surface area contributed by atoms with Crippen molar-refractivity contribution in [2.24, 2.45) is 5.16 Å². The van der Waals surface area contributed by atoms with Gasteiger partial charge in [0.15, 0.2) is 11.6 Å². The van der Waals surface area contributed by atoms with E-state index >= 15 is 0 Å². The third-order valence-corrected chi connectivity index (χ3v) is 3.99. The van der Waals surface area contributed by atoms with Crippen LogP contribution in [0.3, 0.4) is 0 Å². The topological polar surface area (TPSA) is 75.1 Å². The van der Waals surface area contributed by atoms with E-state index in [9.17, 15) is 0 Å². The van der Waals surface area contributed by atoms with Crippen LogP contribution in [0.1, 0.15) is 36.7 Å². The molecule has 0 bridgehead atoms. The fourth-order valence-corrected chi connectivity index (χ4v) is 2.60. The SMILES string of the molecule is C/C=C/COc1cc(C)c(OCCCCOc2cnc(/C=N/OC)nc2)c(C)c1. The van der Waals surface area contributed by atoms with Crippen molar-refractivity contribution in [3.8, 4) is 17.2 Å². The van der Waals surface area contributed by atoms with Gasteiger partial charge < -0.3 is 19.0 Å². The normalized spacial score (nSPS) is 11.2. The van der Waals surface area contributed by atoms with Crippen LogP contribution >= 0.6 is 0 Å². The monoisotopic (exact) mass is 399 g/mol. The Labute approximate surface area is 172 Å². The molecule has 7 heteroatoms. The van der Waals surface area contributed by atoms with Crippen molar-refractivity contribution in [2.45, 2.75) is 33.6 Å². The molecule has 0 atom stereocenters. The minimum Gasteiger partial charge on any atom is -0.493 e. The summed E-state index contributed by atoms with van der Waals surface area (Å²) in [5.41, 5.74) is 2.15. The molecule has 1 aromatic heterocycles. The number of aryl methyl sites for hydroxylation is 2. The van der Waals surface area contributed by atoms with E-state index in [1.54, 1.807) is 12.4 Å². The lowest BCUT2D eigenvalue weighted by atomic mass is 10.1. The smallest absolute Gasteiger partial charge is 0.174 e. The van der Waals surface area contributed by atoms with Gasteiger partial charge in [-0.25, -0.2) is 9.97 Å². The molecule has 156 valence electrons. The lowest BCUT2D eigenvalue weighted by molar-refractivity contribution is 0.215. The lowest BCUT2D eigenvalue weighted by Gasteiger charge is -2.14. The molecule has 1 heterocycles. The summed E-state index contributed by atoms with van der Waals surface area (Å²) < 4.78 is 17.3. The van der Waals surface area contributed by atoms with Gasteiger partial charge in [0, 0.05) is 0 Å². The van der Waals surface area contributed by atoms with E-state index in [0.29, 0.717) is 31.4 Å². The van der Waals surface area contributed by atoms with Crippen LogP contribution in [0.25, 0.3) is 0 Å². The van der Waals surface area contributed by atoms with Gasteiger partial charge in [-0.2, -0.15) is 0 Å². The number of unbranched alkanes of at least 4 members (excludes halogenated alkanes) is 1. The second-order valence-electron chi connectivity index (χ2n) is 6.36. The van der Waals surface area contributed by atoms with Gasteiger partial charge in [-0.05, 0) is 56.9 Å². The van der Waals surface area contributed by atoms with E-state index in [4.69, 9.17) is 14.2 Å². The average molecular weight is 399 g/mol. The molecule has 2 aromatic rings. The van der Waals surface area contributed by atoms with Crippen molar-refractivity contribution < 1.29 is 19.0 Å². The standard InChI is InChI=1S/C22H29N3O4/c1-5-6-9-27-19-12-17(2)22(18(3)13-19)29-11-8-7-10-28-20-14-23-21(24-15-20)16-25-26-4/h5-6,12-16H,7-11H2,1-4H3/b6-5+,25-16+. The minimum absolute atomic E-state index is 0.469. The number of hydrogen-bond acceptors (Lipinski definition) is 7. The quantitative estimate of drug-likeness (QED) is 0.230. The molecular weight excluding hydrogens is 370 g/mol. The largest absolute Gasteiger partial charge is 0.493 e. The summed E-state index contributed by atoms with van der Waals surface area (Å²) in [6.45, 7) is 7.83. The zero-order chi connectivity index (χ0) is 20.9. The van der Waals surface area contributed by atoms with Crippen LogP contribution in [0, 0.1) is 13.8 Å². The molecule has 0 saturated heterocycles.